The van der Waals surface area contributed by atoms with Crippen LogP contribution in [0.15, 0.2) is 36.4 Å². The van der Waals surface area contributed by atoms with E-state index >= 15 is 0 Å². The zero-order valence-electron chi connectivity index (χ0n) is 17.7. The van der Waals surface area contributed by atoms with E-state index < -0.39 is 36.0 Å². The number of benzene rings is 2. The van der Waals surface area contributed by atoms with Gasteiger partial charge in [0.25, 0.3) is 5.91 Å². The Morgan fingerprint density at radius 1 is 1.12 bits per heavy atom. The lowest BCUT2D eigenvalue weighted by Gasteiger charge is -2.20. The number of halogens is 3. The molecule has 2 N–H and O–H groups in total. The van der Waals surface area contributed by atoms with Crippen LogP contribution < -0.4 is 4.74 Å². The number of hydrogen-bond acceptors (Lipinski definition) is 4. The Bertz CT molecular complexity index is 1210. The molecule has 1 saturated carbocycles. The number of carboxylic acid groups (broad SMARTS) is 1. The molecule has 0 radical (unpaired) electrons. The molecule has 0 saturated heterocycles. The molecule has 3 aromatic rings. The molecule has 1 aliphatic rings. The molecule has 2 aromatic carbocycles. The molecule has 0 spiro atoms. The van der Waals surface area contributed by atoms with E-state index in [4.69, 9.17) is 0 Å². The van der Waals surface area contributed by atoms with Crippen molar-refractivity contribution in [1.29, 1.82) is 0 Å². The van der Waals surface area contributed by atoms with Gasteiger partial charge in [0.2, 0.25) is 0 Å². The van der Waals surface area contributed by atoms with Crippen molar-refractivity contribution in [2.45, 2.75) is 45.1 Å². The quantitative estimate of drug-likeness (QED) is 0.510. The fraction of sp³-hybridized carbons (Fsp3) is 0.333. The lowest BCUT2D eigenvalue weighted by atomic mass is 9.83. The minimum Gasteiger partial charge on any atom is -0.505 e. The van der Waals surface area contributed by atoms with E-state index in [1.807, 2.05) is 0 Å². The van der Waals surface area contributed by atoms with Gasteiger partial charge in [-0.2, -0.15) is 8.78 Å². The largest absolute Gasteiger partial charge is 0.505 e. The summed E-state index contributed by atoms with van der Waals surface area (Å²) in [6, 6.07) is 7.18. The molecule has 174 valence electrons. The zero-order valence-corrected chi connectivity index (χ0v) is 17.7. The van der Waals surface area contributed by atoms with Crippen molar-refractivity contribution < 1.29 is 37.7 Å². The standard InChI is InChI=1S/C24H22F3NO5/c1-12-20(21(23(31)32)13-4-2-3-5-13)16-10-19(29)17(25)11-18(16)28(12)22(30)14-6-8-15(9-7-14)33-24(26)27/h6-11,13,21,24,29H,2-5H2,1H3,(H,31,32). The highest BCUT2D eigenvalue weighted by Crippen LogP contribution is 2.43. The number of aromatic nitrogens is 1. The van der Waals surface area contributed by atoms with Gasteiger partial charge in [0.05, 0.1) is 11.4 Å². The SMILES string of the molecule is Cc1c(C(C(=O)O)C2CCCC2)c2cc(O)c(F)cc2n1C(=O)c1ccc(OC(F)F)cc1. The van der Waals surface area contributed by atoms with Gasteiger partial charge >= 0.3 is 12.6 Å². The second kappa shape index (κ2) is 8.80. The topological polar surface area (TPSA) is 88.8 Å². The summed E-state index contributed by atoms with van der Waals surface area (Å²) in [4.78, 5) is 25.7. The van der Waals surface area contributed by atoms with Crippen molar-refractivity contribution >= 4 is 22.8 Å². The van der Waals surface area contributed by atoms with Crippen molar-refractivity contribution in [3.8, 4) is 11.5 Å². The van der Waals surface area contributed by atoms with Gasteiger partial charge in [0, 0.05) is 22.7 Å². The van der Waals surface area contributed by atoms with Crippen LogP contribution in [0.5, 0.6) is 11.5 Å². The van der Waals surface area contributed by atoms with Crippen LogP contribution in [-0.2, 0) is 4.79 Å². The Morgan fingerprint density at radius 3 is 2.33 bits per heavy atom. The third-order valence-electron chi connectivity index (χ3n) is 6.30. The van der Waals surface area contributed by atoms with Crippen LogP contribution in [0.3, 0.4) is 0 Å². The number of hydrogen-bond donors (Lipinski definition) is 2. The third-order valence-corrected chi connectivity index (χ3v) is 6.30. The average molecular weight is 461 g/mol. The van der Waals surface area contributed by atoms with Crippen molar-refractivity contribution in [3.63, 3.8) is 0 Å². The number of carbonyl (C=O) groups is 2. The van der Waals surface area contributed by atoms with Crippen molar-refractivity contribution in [2.75, 3.05) is 0 Å². The number of fused-ring (bicyclic) bond motifs is 1. The number of carbonyl (C=O) groups excluding carboxylic acids is 1. The van der Waals surface area contributed by atoms with Gasteiger partial charge in [0.15, 0.2) is 11.6 Å². The molecule has 1 unspecified atom stereocenters. The Kier molecular flexibility index (Phi) is 6.05. The van der Waals surface area contributed by atoms with E-state index in [2.05, 4.69) is 4.74 Å². The number of phenolic OH excluding ortho intramolecular Hbond substituents is 1. The van der Waals surface area contributed by atoms with Crippen LogP contribution in [0.2, 0.25) is 0 Å². The van der Waals surface area contributed by atoms with Gasteiger partial charge in [0.1, 0.15) is 5.75 Å². The number of phenols is 1. The summed E-state index contributed by atoms with van der Waals surface area (Å²) >= 11 is 0. The van der Waals surface area contributed by atoms with Gasteiger partial charge in [-0.15, -0.1) is 0 Å². The van der Waals surface area contributed by atoms with E-state index in [1.54, 1.807) is 6.92 Å². The van der Waals surface area contributed by atoms with Crippen LogP contribution in [0, 0.1) is 18.7 Å². The monoisotopic (exact) mass is 461 g/mol. The first-order valence-electron chi connectivity index (χ1n) is 10.5. The number of aromatic hydroxyl groups is 1. The second-order valence-corrected chi connectivity index (χ2v) is 8.22. The Hall–Kier alpha value is -3.49. The van der Waals surface area contributed by atoms with Crippen LogP contribution >= 0.6 is 0 Å². The number of aliphatic carboxylic acids is 1. The lowest BCUT2D eigenvalue weighted by Crippen LogP contribution is -2.21. The zero-order chi connectivity index (χ0) is 23.9. The number of nitrogens with zero attached hydrogens (tertiary/aromatic N) is 1. The fourth-order valence-corrected chi connectivity index (χ4v) is 4.86. The molecule has 4 rings (SSSR count). The van der Waals surface area contributed by atoms with Gasteiger partial charge in [-0.25, -0.2) is 4.39 Å². The highest BCUT2D eigenvalue weighted by molar-refractivity contribution is 6.05. The minimum absolute atomic E-state index is 0.115. The summed E-state index contributed by atoms with van der Waals surface area (Å²) in [5, 5.41) is 20.3. The highest BCUT2D eigenvalue weighted by Gasteiger charge is 2.37. The first kappa shape index (κ1) is 22.7. The molecular weight excluding hydrogens is 439 g/mol. The molecule has 9 heteroatoms. The van der Waals surface area contributed by atoms with Crippen LogP contribution in [0.1, 0.15) is 53.2 Å². The average Bonchev–Trinajstić information content (AvgIpc) is 3.36. The predicted molar refractivity (Wildman–Crippen MR) is 113 cm³/mol. The molecule has 1 fully saturated rings. The van der Waals surface area contributed by atoms with E-state index in [0.29, 0.717) is 11.3 Å². The molecule has 1 aromatic heterocycles. The fourth-order valence-electron chi connectivity index (χ4n) is 4.86. The van der Waals surface area contributed by atoms with Gasteiger partial charge in [-0.05, 0) is 61.6 Å². The Balaban J connectivity index is 1.88. The molecule has 1 atom stereocenters. The summed E-state index contributed by atoms with van der Waals surface area (Å²) in [5.41, 5.74) is 0.933. The van der Waals surface area contributed by atoms with E-state index in [1.165, 1.54) is 28.8 Å². The maximum Gasteiger partial charge on any atom is 0.387 e. The van der Waals surface area contributed by atoms with Gasteiger partial charge < -0.3 is 14.9 Å². The van der Waals surface area contributed by atoms with Crippen molar-refractivity contribution in [1.82, 2.24) is 4.57 Å². The summed E-state index contributed by atoms with van der Waals surface area (Å²) in [6.45, 7) is -1.43. The maximum atomic E-state index is 14.3. The van der Waals surface area contributed by atoms with Crippen molar-refractivity contribution in [3.05, 3.63) is 59.0 Å². The minimum atomic E-state index is -3.01. The second-order valence-electron chi connectivity index (χ2n) is 8.22. The Morgan fingerprint density at radius 2 is 1.76 bits per heavy atom. The first-order valence-corrected chi connectivity index (χ1v) is 10.5. The lowest BCUT2D eigenvalue weighted by molar-refractivity contribution is -0.140. The van der Waals surface area contributed by atoms with Crippen molar-refractivity contribution in [2.24, 2.45) is 5.92 Å². The third kappa shape index (κ3) is 4.15. The molecule has 1 heterocycles. The van der Waals surface area contributed by atoms with Crippen LogP contribution in [0.4, 0.5) is 13.2 Å². The molecule has 0 amide bonds. The first-order chi connectivity index (χ1) is 15.7. The summed E-state index contributed by atoms with van der Waals surface area (Å²) in [7, 11) is 0. The van der Waals surface area contributed by atoms with E-state index in [-0.39, 0.29) is 28.1 Å². The van der Waals surface area contributed by atoms with Gasteiger partial charge in [-0.3, -0.25) is 14.2 Å². The molecule has 1 aliphatic carbocycles. The summed E-state index contributed by atoms with van der Waals surface area (Å²) < 4.78 is 44.6. The summed E-state index contributed by atoms with van der Waals surface area (Å²) in [6.07, 6.45) is 3.24. The molecule has 33 heavy (non-hydrogen) atoms. The smallest absolute Gasteiger partial charge is 0.387 e. The number of ether oxygens (including phenoxy) is 1. The Labute approximate surface area is 187 Å². The molecular formula is C24H22F3NO5. The molecule has 0 bridgehead atoms. The van der Waals surface area contributed by atoms with Crippen LogP contribution in [0.25, 0.3) is 10.9 Å². The number of carboxylic acids is 1. The maximum absolute atomic E-state index is 14.3. The number of alkyl halides is 2. The molecule has 0 aliphatic heterocycles. The molecule has 6 nitrogen and oxygen atoms in total. The normalized spacial score (nSPS) is 15.3. The highest BCUT2D eigenvalue weighted by atomic mass is 19.3. The van der Waals surface area contributed by atoms with E-state index in [9.17, 15) is 33.0 Å². The van der Waals surface area contributed by atoms with Crippen LogP contribution in [-0.4, -0.2) is 33.3 Å². The number of rotatable bonds is 6. The van der Waals surface area contributed by atoms with E-state index in [0.717, 1.165) is 37.8 Å². The van der Waals surface area contributed by atoms with Gasteiger partial charge in [-0.1, -0.05) is 12.8 Å². The summed E-state index contributed by atoms with van der Waals surface area (Å²) in [5.74, 6) is -4.42. The predicted octanol–water partition coefficient (Wildman–Crippen LogP) is 5.44.